The molecule has 1 atom stereocenters. The van der Waals surface area contributed by atoms with Crippen molar-refractivity contribution in [1.29, 1.82) is 0 Å². The average molecular weight is 394 g/mol. The van der Waals surface area contributed by atoms with E-state index in [4.69, 9.17) is 9.47 Å². The fourth-order valence-electron chi connectivity index (χ4n) is 4.33. The highest BCUT2D eigenvalue weighted by Gasteiger charge is 2.39. The Balaban J connectivity index is 1.62. The minimum atomic E-state index is -0.444. The lowest BCUT2D eigenvalue weighted by atomic mass is 10.0. The van der Waals surface area contributed by atoms with Crippen molar-refractivity contribution in [2.75, 3.05) is 32.3 Å². The van der Waals surface area contributed by atoms with Crippen LogP contribution in [0.4, 0.5) is 5.69 Å². The van der Waals surface area contributed by atoms with E-state index in [2.05, 4.69) is 4.90 Å². The molecule has 1 saturated heterocycles. The van der Waals surface area contributed by atoms with Crippen molar-refractivity contribution in [3.05, 3.63) is 53.1 Å². The second-order valence-corrected chi connectivity index (χ2v) is 7.49. The minimum absolute atomic E-state index is 0.123. The number of carbonyl (C=O) groups excluding carboxylic acids is 2. The predicted molar refractivity (Wildman–Crippen MR) is 111 cm³/mol. The van der Waals surface area contributed by atoms with Crippen LogP contribution in [0.2, 0.25) is 0 Å². The van der Waals surface area contributed by atoms with E-state index in [9.17, 15) is 9.59 Å². The van der Waals surface area contributed by atoms with Crippen LogP contribution in [-0.4, -0.2) is 44.0 Å². The molecule has 0 spiro atoms. The molecule has 0 saturated carbocycles. The molecule has 6 nitrogen and oxygen atoms in total. The van der Waals surface area contributed by atoms with Crippen LogP contribution in [0.3, 0.4) is 0 Å². The average Bonchev–Trinajstić information content (AvgIpc) is 3.31. The first-order valence-corrected chi connectivity index (χ1v) is 10.0. The number of ketones is 1. The van der Waals surface area contributed by atoms with Gasteiger partial charge in [-0.1, -0.05) is 19.1 Å². The zero-order valence-electron chi connectivity index (χ0n) is 17.1. The molecular formula is C23H26N2O4. The van der Waals surface area contributed by atoms with Crippen LogP contribution in [0, 0.1) is 0 Å². The number of rotatable bonds is 6. The molecule has 152 valence electrons. The van der Waals surface area contributed by atoms with Crippen LogP contribution in [-0.2, 0) is 11.2 Å². The first-order chi connectivity index (χ1) is 14.1. The van der Waals surface area contributed by atoms with Gasteiger partial charge in [-0.2, -0.15) is 0 Å². The van der Waals surface area contributed by atoms with Gasteiger partial charge < -0.3 is 9.47 Å². The Morgan fingerprint density at radius 3 is 2.62 bits per heavy atom. The van der Waals surface area contributed by atoms with E-state index in [1.807, 2.05) is 43.3 Å². The van der Waals surface area contributed by atoms with Gasteiger partial charge in [-0.15, -0.1) is 0 Å². The van der Waals surface area contributed by atoms with Gasteiger partial charge in [0.15, 0.2) is 0 Å². The lowest BCUT2D eigenvalue weighted by Gasteiger charge is -2.30. The molecule has 0 bridgehead atoms. The molecule has 0 radical (unpaired) electrons. The summed E-state index contributed by atoms with van der Waals surface area (Å²) in [5.74, 6) is 0.669. The maximum absolute atomic E-state index is 12.7. The van der Waals surface area contributed by atoms with Crippen molar-refractivity contribution in [3.63, 3.8) is 0 Å². The van der Waals surface area contributed by atoms with Gasteiger partial charge in [0, 0.05) is 24.2 Å². The summed E-state index contributed by atoms with van der Waals surface area (Å²) in [6, 6.07) is 11.7. The van der Waals surface area contributed by atoms with Crippen molar-refractivity contribution < 1.29 is 19.1 Å². The molecule has 2 aromatic rings. The minimum Gasteiger partial charge on any atom is -0.497 e. The van der Waals surface area contributed by atoms with Gasteiger partial charge in [0.2, 0.25) is 0 Å². The molecule has 4 rings (SSSR count). The molecule has 2 aliphatic heterocycles. The van der Waals surface area contributed by atoms with Crippen LogP contribution in [0.25, 0.3) is 0 Å². The maximum atomic E-state index is 12.7. The predicted octanol–water partition coefficient (Wildman–Crippen LogP) is 3.59. The molecule has 2 aliphatic rings. The second-order valence-electron chi connectivity index (χ2n) is 7.49. The summed E-state index contributed by atoms with van der Waals surface area (Å²) in [4.78, 5) is 29.1. The van der Waals surface area contributed by atoms with Gasteiger partial charge in [-0.25, -0.2) is 0 Å². The summed E-state index contributed by atoms with van der Waals surface area (Å²) in [6.07, 6.45) is 2.83. The standard InChI is InChI=1S/C23H26N2O4/c1-4-15-7-10-20-18(12-15)22(26)23(27)25(20)14-24-11-5-6-19(24)17-9-8-16(28-2)13-21(17)29-3/h7-10,12-13,19H,4-6,11,14H2,1-3H3/t19-/m1/s1. The smallest absolute Gasteiger partial charge is 0.300 e. The van der Waals surface area contributed by atoms with E-state index in [0.29, 0.717) is 17.9 Å². The molecule has 0 N–H and O–H groups in total. The van der Waals surface area contributed by atoms with E-state index >= 15 is 0 Å². The van der Waals surface area contributed by atoms with Gasteiger partial charge in [0.05, 0.1) is 32.1 Å². The van der Waals surface area contributed by atoms with Crippen molar-refractivity contribution in [1.82, 2.24) is 4.90 Å². The molecular weight excluding hydrogens is 368 g/mol. The summed E-state index contributed by atoms with van der Waals surface area (Å²) in [5.41, 5.74) is 3.37. The third-order valence-electron chi connectivity index (χ3n) is 5.93. The maximum Gasteiger partial charge on any atom is 0.300 e. The van der Waals surface area contributed by atoms with Gasteiger partial charge in [-0.3, -0.25) is 19.4 Å². The number of ether oxygens (including phenoxy) is 2. The number of likely N-dealkylation sites (tertiary alicyclic amines) is 1. The normalized spacial score (nSPS) is 19.0. The first-order valence-electron chi connectivity index (χ1n) is 10.0. The number of hydrogen-bond acceptors (Lipinski definition) is 5. The molecule has 2 heterocycles. The molecule has 0 aliphatic carbocycles. The Labute approximate surface area is 171 Å². The lowest BCUT2D eigenvalue weighted by molar-refractivity contribution is -0.114. The Morgan fingerprint density at radius 2 is 1.90 bits per heavy atom. The van der Waals surface area contributed by atoms with E-state index in [1.54, 1.807) is 19.1 Å². The van der Waals surface area contributed by atoms with Gasteiger partial charge >= 0.3 is 5.91 Å². The third kappa shape index (κ3) is 3.38. The lowest BCUT2D eigenvalue weighted by Crippen LogP contribution is -2.40. The largest absolute Gasteiger partial charge is 0.497 e. The molecule has 1 fully saturated rings. The van der Waals surface area contributed by atoms with Crippen molar-refractivity contribution >= 4 is 17.4 Å². The fourth-order valence-corrected chi connectivity index (χ4v) is 4.33. The first kappa shape index (κ1) is 19.5. The molecule has 2 aromatic carbocycles. The molecule has 0 aromatic heterocycles. The van der Waals surface area contributed by atoms with Crippen LogP contribution < -0.4 is 14.4 Å². The number of carbonyl (C=O) groups is 2. The van der Waals surface area contributed by atoms with Crippen LogP contribution in [0.5, 0.6) is 11.5 Å². The quantitative estimate of drug-likeness (QED) is 0.701. The highest BCUT2D eigenvalue weighted by atomic mass is 16.5. The number of hydrogen-bond donors (Lipinski definition) is 0. The number of amides is 1. The Bertz CT molecular complexity index is 956. The topological polar surface area (TPSA) is 59.1 Å². The summed E-state index contributed by atoms with van der Waals surface area (Å²) in [6.45, 7) is 3.29. The highest BCUT2D eigenvalue weighted by molar-refractivity contribution is 6.52. The SMILES string of the molecule is CCc1ccc2c(c1)C(=O)C(=O)N2CN1CCC[C@@H]1c1ccc(OC)cc1OC. The van der Waals surface area contributed by atoms with Crippen molar-refractivity contribution in [2.45, 2.75) is 32.2 Å². The number of Topliss-reactive ketones (excluding diaryl/α,β-unsaturated/α-hetero) is 1. The van der Waals surface area contributed by atoms with Crippen molar-refractivity contribution in [3.8, 4) is 11.5 Å². The number of benzene rings is 2. The summed E-state index contributed by atoms with van der Waals surface area (Å²) < 4.78 is 10.9. The number of nitrogens with zero attached hydrogens (tertiary/aromatic N) is 2. The molecule has 29 heavy (non-hydrogen) atoms. The van der Waals surface area contributed by atoms with Gasteiger partial charge in [0.1, 0.15) is 11.5 Å². The number of methoxy groups -OCH3 is 2. The number of aryl methyl sites for hydroxylation is 1. The zero-order chi connectivity index (χ0) is 20.5. The van der Waals surface area contributed by atoms with Gasteiger partial charge in [0.25, 0.3) is 5.78 Å². The Morgan fingerprint density at radius 1 is 1.07 bits per heavy atom. The summed E-state index contributed by atoms with van der Waals surface area (Å²) in [7, 11) is 3.29. The third-order valence-corrected chi connectivity index (χ3v) is 5.93. The highest BCUT2D eigenvalue weighted by Crippen LogP contribution is 2.40. The number of anilines is 1. The summed E-state index contributed by atoms with van der Waals surface area (Å²) >= 11 is 0. The van der Waals surface area contributed by atoms with E-state index in [1.165, 1.54) is 0 Å². The molecule has 0 unspecified atom stereocenters. The molecule has 6 heteroatoms. The Hall–Kier alpha value is -2.86. The van der Waals surface area contributed by atoms with Crippen LogP contribution in [0.1, 0.15) is 47.3 Å². The monoisotopic (exact) mass is 394 g/mol. The van der Waals surface area contributed by atoms with E-state index in [-0.39, 0.29) is 6.04 Å². The second kappa shape index (κ2) is 7.87. The van der Waals surface area contributed by atoms with Crippen molar-refractivity contribution in [2.24, 2.45) is 0 Å². The van der Waals surface area contributed by atoms with Gasteiger partial charge in [-0.05, 0) is 43.0 Å². The van der Waals surface area contributed by atoms with E-state index in [0.717, 1.165) is 48.4 Å². The fraction of sp³-hybridized carbons (Fsp3) is 0.391. The number of fused-ring (bicyclic) bond motifs is 1. The molecule has 1 amide bonds. The zero-order valence-corrected chi connectivity index (χ0v) is 17.1. The van der Waals surface area contributed by atoms with E-state index < -0.39 is 11.7 Å². The summed E-state index contributed by atoms with van der Waals surface area (Å²) in [5, 5.41) is 0. The Kier molecular flexibility index (Phi) is 5.28. The van der Waals surface area contributed by atoms with Crippen LogP contribution >= 0.6 is 0 Å². The van der Waals surface area contributed by atoms with Crippen LogP contribution in [0.15, 0.2) is 36.4 Å².